The number of aromatic nitrogens is 2. The van der Waals surface area contributed by atoms with E-state index in [1.807, 2.05) is 24.3 Å². The number of thioether (sulfide) groups is 1. The maximum Gasteiger partial charge on any atom is 0.349 e. The lowest BCUT2D eigenvalue weighted by Crippen LogP contribution is -2.44. The van der Waals surface area contributed by atoms with Gasteiger partial charge in [0, 0.05) is 24.9 Å². The predicted molar refractivity (Wildman–Crippen MR) is 108 cm³/mol. The molecule has 3 rings (SSSR count). The minimum Gasteiger partial charge on any atom is -0.416 e. The lowest BCUT2D eigenvalue weighted by atomic mass is 9.97. The highest BCUT2D eigenvalue weighted by Gasteiger charge is 2.34. The molecule has 0 aliphatic carbocycles. The number of carbonyl (C=O) groups is 3. The Morgan fingerprint density at radius 3 is 2.66 bits per heavy atom. The molecule has 152 valence electrons. The SMILES string of the molecule is CCc1ccc(NC(=O)CSc2nnc(CC3C(=O)N(C)C(=O)N=C3C)o2)cc1. The molecule has 1 atom stereocenters. The molecule has 1 aliphatic rings. The first-order valence-electron chi connectivity index (χ1n) is 9.08. The van der Waals surface area contributed by atoms with E-state index in [2.05, 4.69) is 27.4 Å². The highest BCUT2D eigenvalue weighted by molar-refractivity contribution is 7.99. The van der Waals surface area contributed by atoms with Crippen LogP contribution in [0.1, 0.15) is 25.3 Å². The van der Waals surface area contributed by atoms with Gasteiger partial charge in [0.05, 0.1) is 11.7 Å². The van der Waals surface area contributed by atoms with Crippen LogP contribution < -0.4 is 5.32 Å². The molecular weight excluding hydrogens is 394 g/mol. The van der Waals surface area contributed by atoms with Crippen LogP contribution >= 0.6 is 11.8 Å². The molecule has 10 heteroatoms. The molecule has 0 radical (unpaired) electrons. The number of carbonyl (C=O) groups excluding carboxylic acids is 3. The number of anilines is 1. The quantitative estimate of drug-likeness (QED) is 0.691. The molecule has 0 fully saturated rings. The van der Waals surface area contributed by atoms with E-state index < -0.39 is 11.9 Å². The Kier molecular flexibility index (Phi) is 6.42. The summed E-state index contributed by atoms with van der Waals surface area (Å²) in [5, 5.41) is 10.9. The summed E-state index contributed by atoms with van der Waals surface area (Å²) < 4.78 is 5.53. The molecule has 0 saturated heterocycles. The first-order valence-corrected chi connectivity index (χ1v) is 10.1. The summed E-state index contributed by atoms with van der Waals surface area (Å²) in [5.41, 5.74) is 2.34. The van der Waals surface area contributed by atoms with Gasteiger partial charge in [0.25, 0.3) is 5.22 Å². The van der Waals surface area contributed by atoms with Crippen molar-refractivity contribution < 1.29 is 18.8 Å². The van der Waals surface area contributed by atoms with Crippen LogP contribution in [0.3, 0.4) is 0 Å². The van der Waals surface area contributed by atoms with Gasteiger partial charge in [0.2, 0.25) is 17.7 Å². The molecule has 1 aromatic carbocycles. The maximum absolute atomic E-state index is 12.3. The van der Waals surface area contributed by atoms with Crippen LogP contribution in [0.25, 0.3) is 0 Å². The third kappa shape index (κ3) is 5.08. The summed E-state index contributed by atoms with van der Waals surface area (Å²) >= 11 is 1.11. The standard InChI is InChI=1S/C19H21N5O4S/c1-4-12-5-7-13(8-6-12)21-15(25)10-29-19-23-22-16(28-19)9-14-11(2)20-18(27)24(3)17(14)26/h5-8,14H,4,9-10H2,1-3H3,(H,21,25). The summed E-state index contributed by atoms with van der Waals surface area (Å²) in [6.07, 6.45) is 1.09. The normalized spacial score (nSPS) is 16.7. The average molecular weight is 415 g/mol. The van der Waals surface area contributed by atoms with Crippen molar-refractivity contribution in [3.63, 3.8) is 0 Å². The van der Waals surface area contributed by atoms with Crippen molar-refractivity contribution in [2.45, 2.75) is 31.9 Å². The Balaban J connectivity index is 1.53. The molecule has 1 aromatic heterocycles. The van der Waals surface area contributed by atoms with Crippen LogP contribution in [-0.4, -0.2) is 51.5 Å². The van der Waals surface area contributed by atoms with Crippen molar-refractivity contribution >= 4 is 41.0 Å². The van der Waals surface area contributed by atoms with Crippen LogP contribution in [0.4, 0.5) is 10.5 Å². The van der Waals surface area contributed by atoms with Gasteiger partial charge in [-0.3, -0.25) is 14.5 Å². The largest absolute Gasteiger partial charge is 0.416 e. The van der Waals surface area contributed by atoms with Gasteiger partial charge in [-0.05, 0) is 31.0 Å². The fourth-order valence-corrected chi connectivity index (χ4v) is 3.33. The summed E-state index contributed by atoms with van der Waals surface area (Å²) in [5.74, 6) is -0.811. The van der Waals surface area contributed by atoms with Gasteiger partial charge in [-0.2, -0.15) is 0 Å². The molecule has 2 heterocycles. The fraction of sp³-hybridized carbons (Fsp3) is 0.368. The van der Waals surface area contributed by atoms with Crippen LogP contribution in [0, 0.1) is 5.92 Å². The highest BCUT2D eigenvalue weighted by atomic mass is 32.2. The lowest BCUT2D eigenvalue weighted by Gasteiger charge is -2.24. The summed E-state index contributed by atoms with van der Waals surface area (Å²) in [7, 11) is 1.39. The number of nitrogens with one attached hydrogen (secondary N) is 1. The van der Waals surface area contributed by atoms with Gasteiger partial charge in [-0.15, -0.1) is 10.2 Å². The van der Waals surface area contributed by atoms with E-state index in [-0.39, 0.29) is 35.1 Å². The third-order valence-corrected chi connectivity index (χ3v) is 5.31. The fourth-order valence-electron chi connectivity index (χ4n) is 2.75. The van der Waals surface area contributed by atoms with Gasteiger partial charge in [0.1, 0.15) is 0 Å². The number of nitrogens with zero attached hydrogens (tertiary/aromatic N) is 4. The Hall–Kier alpha value is -3.01. The van der Waals surface area contributed by atoms with Gasteiger partial charge >= 0.3 is 6.03 Å². The topological polar surface area (TPSA) is 118 Å². The summed E-state index contributed by atoms with van der Waals surface area (Å²) in [6.45, 7) is 3.69. The molecule has 29 heavy (non-hydrogen) atoms. The Labute approximate surface area is 172 Å². The Morgan fingerprint density at radius 2 is 1.97 bits per heavy atom. The van der Waals surface area contributed by atoms with Crippen LogP contribution in [-0.2, 0) is 22.4 Å². The summed E-state index contributed by atoms with van der Waals surface area (Å²) in [4.78, 5) is 40.7. The zero-order chi connectivity index (χ0) is 21.0. The van der Waals surface area contributed by atoms with Crippen molar-refractivity contribution in [2.75, 3.05) is 18.1 Å². The number of hydrogen-bond acceptors (Lipinski definition) is 7. The van der Waals surface area contributed by atoms with E-state index in [4.69, 9.17) is 4.42 Å². The van der Waals surface area contributed by atoms with Crippen LogP contribution in [0.5, 0.6) is 0 Å². The molecule has 1 N–H and O–H groups in total. The average Bonchev–Trinajstić information content (AvgIpc) is 3.16. The summed E-state index contributed by atoms with van der Waals surface area (Å²) in [6, 6.07) is 7.07. The second-order valence-electron chi connectivity index (χ2n) is 6.54. The number of imide groups is 1. The van der Waals surface area contributed by atoms with E-state index >= 15 is 0 Å². The molecule has 1 unspecified atom stereocenters. The van der Waals surface area contributed by atoms with Gasteiger partial charge in [-0.1, -0.05) is 30.8 Å². The van der Waals surface area contributed by atoms with E-state index in [9.17, 15) is 14.4 Å². The lowest BCUT2D eigenvalue weighted by molar-refractivity contribution is -0.129. The van der Waals surface area contributed by atoms with Crippen molar-refractivity contribution in [3.05, 3.63) is 35.7 Å². The number of rotatable bonds is 7. The van der Waals surface area contributed by atoms with Crippen LogP contribution in [0.2, 0.25) is 0 Å². The first kappa shape index (κ1) is 20.7. The molecule has 0 bridgehead atoms. The Bertz CT molecular complexity index is 954. The van der Waals surface area contributed by atoms with E-state index in [1.54, 1.807) is 6.92 Å². The maximum atomic E-state index is 12.3. The first-order chi connectivity index (χ1) is 13.9. The number of aliphatic imine (C=N–C) groups is 1. The minimum absolute atomic E-state index is 0.108. The molecule has 4 amide bonds. The molecule has 9 nitrogen and oxygen atoms in total. The van der Waals surface area contributed by atoms with Gasteiger partial charge in [0.15, 0.2) is 0 Å². The molecular formula is C19H21N5O4S. The highest BCUT2D eigenvalue weighted by Crippen LogP contribution is 2.21. The number of amides is 4. The third-order valence-electron chi connectivity index (χ3n) is 4.49. The van der Waals surface area contributed by atoms with E-state index in [1.165, 1.54) is 12.6 Å². The Morgan fingerprint density at radius 1 is 1.24 bits per heavy atom. The molecule has 1 aliphatic heterocycles. The van der Waals surface area contributed by atoms with Crippen molar-refractivity contribution in [1.29, 1.82) is 0 Å². The second kappa shape index (κ2) is 8.99. The zero-order valence-electron chi connectivity index (χ0n) is 16.3. The smallest absolute Gasteiger partial charge is 0.349 e. The van der Waals surface area contributed by atoms with Crippen LogP contribution in [0.15, 0.2) is 38.9 Å². The number of hydrogen-bond donors (Lipinski definition) is 1. The predicted octanol–water partition coefficient (Wildman–Crippen LogP) is 2.57. The monoisotopic (exact) mass is 415 g/mol. The number of urea groups is 1. The minimum atomic E-state index is -0.620. The number of benzene rings is 1. The molecule has 0 saturated carbocycles. The van der Waals surface area contributed by atoms with Crippen molar-refractivity contribution in [1.82, 2.24) is 15.1 Å². The molecule has 0 spiro atoms. The van der Waals surface area contributed by atoms with E-state index in [0.717, 1.165) is 28.8 Å². The van der Waals surface area contributed by atoms with E-state index in [0.29, 0.717) is 5.71 Å². The second-order valence-corrected chi connectivity index (χ2v) is 7.47. The zero-order valence-corrected chi connectivity index (χ0v) is 17.2. The van der Waals surface area contributed by atoms with Crippen molar-refractivity contribution in [2.24, 2.45) is 10.9 Å². The van der Waals surface area contributed by atoms with Gasteiger partial charge in [-0.25, -0.2) is 9.79 Å². The number of aryl methyl sites for hydroxylation is 1. The van der Waals surface area contributed by atoms with Crippen molar-refractivity contribution in [3.8, 4) is 0 Å². The van der Waals surface area contributed by atoms with Gasteiger partial charge < -0.3 is 9.73 Å². The molecule has 2 aromatic rings.